The summed E-state index contributed by atoms with van der Waals surface area (Å²) in [7, 11) is 0. The van der Waals surface area contributed by atoms with E-state index in [1.165, 1.54) is 18.6 Å². The Bertz CT molecular complexity index is 797. The van der Waals surface area contributed by atoms with Crippen molar-refractivity contribution in [3.63, 3.8) is 0 Å². The number of hydrogen-bond acceptors (Lipinski definition) is 7. The fourth-order valence-corrected chi connectivity index (χ4v) is 2.24. The van der Waals surface area contributed by atoms with Gasteiger partial charge in [-0.3, -0.25) is 14.6 Å². The van der Waals surface area contributed by atoms with Crippen molar-refractivity contribution in [1.82, 2.24) is 15.0 Å². The van der Waals surface area contributed by atoms with E-state index in [2.05, 4.69) is 25.6 Å². The third-order valence-corrected chi connectivity index (χ3v) is 3.46. The Balaban J connectivity index is 2.36. The van der Waals surface area contributed by atoms with E-state index in [1.807, 2.05) is 13.8 Å². The van der Waals surface area contributed by atoms with E-state index in [1.54, 1.807) is 6.07 Å². The van der Waals surface area contributed by atoms with Crippen molar-refractivity contribution in [3.05, 3.63) is 35.4 Å². The maximum absolute atomic E-state index is 11.6. The number of primary amides is 2. The number of amides is 2. The van der Waals surface area contributed by atoms with Crippen LogP contribution in [0.1, 0.15) is 24.3 Å². The molecule has 25 heavy (non-hydrogen) atoms. The number of anilines is 3. The van der Waals surface area contributed by atoms with Gasteiger partial charge in [0.15, 0.2) is 11.5 Å². The lowest BCUT2D eigenvalue weighted by molar-refractivity contribution is -0.119. The predicted octanol–water partition coefficient (Wildman–Crippen LogP) is 1.29. The second-order valence-corrected chi connectivity index (χ2v) is 6.04. The van der Waals surface area contributed by atoms with Gasteiger partial charge in [-0.05, 0) is 12.0 Å². The van der Waals surface area contributed by atoms with Crippen LogP contribution < -0.4 is 22.1 Å². The van der Waals surface area contributed by atoms with Crippen molar-refractivity contribution < 1.29 is 9.59 Å². The minimum absolute atomic E-state index is 0.0642. The van der Waals surface area contributed by atoms with Crippen LogP contribution in [0.3, 0.4) is 0 Å². The minimum atomic E-state index is -0.758. The molecule has 2 aromatic rings. The van der Waals surface area contributed by atoms with Gasteiger partial charge in [0.05, 0.1) is 23.1 Å². The molecule has 2 amide bonds. The van der Waals surface area contributed by atoms with Crippen LogP contribution in [0.25, 0.3) is 0 Å². The number of carbonyl (C=O) groups excluding carboxylic acids is 2. The van der Waals surface area contributed by atoms with Gasteiger partial charge in [-0.2, -0.15) is 0 Å². The van der Waals surface area contributed by atoms with Gasteiger partial charge in [-0.1, -0.05) is 25.4 Å². The second-order valence-electron chi connectivity index (χ2n) is 5.60. The molecule has 10 heteroatoms. The van der Waals surface area contributed by atoms with Crippen LogP contribution in [0.15, 0.2) is 24.7 Å². The summed E-state index contributed by atoms with van der Waals surface area (Å²) in [5, 5.41) is 6.19. The lowest BCUT2D eigenvalue weighted by atomic mass is 10.0. The highest BCUT2D eigenvalue weighted by Crippen LogP contribution is 2.21. The topological polar surface area (TPSA) is 149 Å². The van der Waals surface area contributed by atoms with Crippen molar-refractivity contribution >= 4 is 40.7 Å². The zero-order valence-electron chi connectivity index (χ0n) is 13.7. The summed E-state index contributed by atoms with van der Waals surface area (Å²) in [6, 6.07) is 0.955. The first-order chi connectivity index (χ1) is 11.8. The molecule has 0 aromatic carbocycles. The lowest BCUT2D eigenvalue weighted by Gasteiger charge is -2.20. The molecule has 0 aliphatic heterocycles. The van der Waals surface area contributed by atoms with E-state index < -0.39 is 17.9 Å². The number of carbonyl (C=O) groups is 2. The van der Waals surface area contributed by atoms with E-state index in [0.29, 0.717) is 10.7 Å². The van der Waals surface area contributed by atoms with Gasteiger partial charge in [0.1, 0.15) is 11.9 Å². The van der Waals surface area contributed by atoms with E-state index in [9.17, 15) is 9.59 Å². The van der Waals surface area contributed by atoms with Crippen molar-refractivity contribution in [3.8, 4) is 0 Å². The monoisotopic (exact) mass is 363 g/mol. The largest absolute Gasteiger partial charge is 0.368 e. The Morgan fingerprint density at radius 3 is 2.48 bits per heavy atom. The van der Waals surface area contributed by atoms with Crippen LogP contribution in [-0.4, -0.2) is 32.8 Å². The predicted molar refractivity (Wildman–Crippen MR) is 94.5 cm³/mol. The number of hydrogen-bond donors (Lipinski definition) is 4. The Hall–Kier alpha value is -2.94. The SMILES string of the molecule is CC(C)[C@@H](Nc1cnc(C(N)=O)c(Nc2cncc(Cl)c2)n1)C(N)=O. The average molecular weight is 364 g/mol. The summed E-state index contributed by atoms with van der Waals surface area (Å²) >= 11 is 5.89. The molecule has 132 valence electrons. The standard InChI is InChI=1S/C15H18ClN7O2/c1-7(2)11(13(17)24)22-10-6-20-12(14(18)25)15(23-10)21-9-3-8(16)4-19-5-9/h3-7,11H,1-2H3,(H2,17,24)(H2,18,25)(H2,21,22,23)/t11-/m1/s1. The van der Waals surface area contributed by atoms with Gasteiger partial charge in [-0.25, -0.2) is 9.97 Å². The van der Waals surface area contributed by atoms with E-state index >= 15 is 0 Å². The number of nitrogens with two attached hydrogens (primary N) is 2. The minimum Gasteiger partial charge on any atom is -0.368 e. The summed E-state index contributed by atoms with van der Waals surface area (Å²) in [5.74, 6) is -0.978. The molecule has 0 bridgehead atoms. The number of nitrogens with zero attached hydrogens (tertiary/aromatic N) is 3. The Morgan fingerprint density at radius 2 is 1.92 bits per heavy atom. The number of aromatic nitrogens is 3. The smallest absolute Gasteiger partial charge is 0.271 e. The lowest BCUT2D eigenvalue weighted by Crippen LogP contribution is -2.39. The maximum Gasteiger partial charge on any atom is 0.271 e. The van der Waals surface area contributed by atoms with Crippen LogP contribution in [-0.2, 0) is 4.79 Å². The first-order valence-electron chi connectivity index (χ1n) is 7.38. The van der Waals surface area contributed by atoms with Gasteiger partial charge in [-0.15, -0.1) is 0 Å². The molecule has 1 atom stereocenters. The highest BCUT2D eigenvalue weighted by molar-refractivity contribution is 6.30. The summed E-state index contributed by atoms with van der Waals surface area (Å²) in [6.07, 6.45) is 4.27. The van der Waals surface area contributed by atoms with Gasteiger partial charge in [0.2, 0.25) is 5.91 Å². The van der Waals surface area contributed by atoms with Crippen molar-refractivity contribution in [2.45, 2.75) is 19.9 Å². The Kier molecular flexibility index (Phi) is 5.71. The van der Waals surface area contributed by atoms with E-state index in [0.717, 1.165) is 0 Å². The molecule has 2 heterocycles. The van der Waals surface area contributed by atoms with Gasteiger partial charge < -0.3 is 22.1 Å². The van der Waals surface area contributed by atoms with Crippen molar-refractivity contribution in [2.75, 3.05) is 10.6 Å². The zero-order valence-corrected chi connectivity index (χ0v) is 14.4. The van der Waals surface area contributed by atoms with Crippen LogP contribution in [0.5, 0.6) is 0 Å². The highest BCUT2D eigenvalue weighted by Gasteiger charge is 2.21. The third kappa shape index (κ3) is 4.77. The molecule has 0 aliphatic carbocycles. The maximum atomic E-state index is 11.6. The molecular weight excluding hydrogens is 346 g/mol. The van der Waals surface area contributed by atoms with Crippen LogP contribution in [0, 0.1) is 5.92 Å². The molecule has 6 N–H and O–H groups in total. The summed E-state index contributed by atoms with van der Waals surface area (Å²) < 4.78 is 0. The fraction of sp³-hybridized carbons (Fsp3) is 0.267. The summed E-state index contributed by atoms with van der Waals surface area (Å²) in [6.45, 7) is 3.68. The molecular formula is C15H18ClN7O2. The van der Waals surface area contributed by atoms with E-state index in [-0.39, 0.29) is 23.2 Å². The molecule has 0 radical (unpaired) electrons. The second kappa shape index (κ2) is 7.75. The number of nitrogens with one attached hydrogen (secondary N) is 2. The van der Waals surface area contributed by atoms with Gasteiger partial charge >= 0.3 is 0 Å². The molecule has 0 aliphatic rings. The van der Waals surface area contributed by atoms with Crippen LogP contribution in [0.4, 0.5) is 17.3 Å². The molecule has 0 fully saturated rings. The average Bonchev–Trinajstić information content (AvgIpc) is 2.52. The fourth-order valence-electron chi connectivity index (χ4n) is 2.07. The summed E-state index contributed by atoms with van der Waals surface area (Å²) in [4.78, 5) is 35.3. The first-order valence-corrected chi connectivity index (χ1v) is 7.76. The number of pyridine rings is 1. The Morgan fingerprint density at radius 1 is 1.20 bits per heavy atom. The number of rotatable bonds is 7. The van der Waals surface area contributed by atoms with E-state index in [4.69, 9.17) is 23.1 Å². The molecule has 9 nitrogen and oxygen atoms in total. The number of halogens is 1. The Labute approximate surface area is 149 Å². The highest BCUT2D eigenvalue weighted by atomic mass is 35.5. The quantitative estimate of drug-likeness (QED) is 0.578. The molecule has 0 spiro atoms. The van der Waals surface area contributed by atoms with Crippen LogP contribution >= 0.6 is 11.6 Å². The van der Waals surface area contributed by atoms with Crippen LogP contribution in [0.2, 0.25) is 5.02 Å². The zero-order chi connectivity index (χ0) is 18.6. The molecule has 0 unspecified atom stereocenters. The van der Waals surface area contributed by atoms with Gasteiger partial charge in [0, 0.05) is 6.20 Å². The van der Waals surface area contributed by atoms with Crippen molar-refractivity contribution in [2.24, 2.45) is 17.4 Å². The normalized spacial score (nSPS) is 11.8. The third-order valence-electron chi connectivity index (χ3n) is 3.25. The molecule has 0 saturated heterocycles. The molecule has 2 aromatic heterocycles. The summed E-state index contributed by atoms with van der Waals surface area (Å²) in [5.41, 5.74) is 11.1. The molecule has 2 rings (SSSR count). The van der Waals surface area contributed by atoms with Gasteiger partial charge in [0.25, 0.3) is 5.91 Å². The molecule has 0 saturated carbocycles. The first kappa shape index (κ1) is 18.4. The van der Waals surface area contributed by atoms with Crippen molar-refractivity contribution in [1.29, 1.82) is 0 Å².